The van der Waals surface area contributed by atoms with Gasteiger partial charge >= 0.3 is 5.82 Å². The van der Waals surface area contributed by atoms with Gasteiger partial charge in [-0.15, -0.1) is 0 Å². The average molecular weight is 220 g/mol. The van der Waals surface area contributed by atoms with E-state index in [1.807, 2.05) is 0 Å². The molecule has 0 aliphatic heterocycles. The summed E-state index contributed by atoms with van der Waals surface area (Å²) in [6.07, 6.45) is 1.25. The van der Waals surface area contributed by atoms with Crippen LogP contribution in [0.5, 0.6) is 0 Å². The van der Waals surface area contributed by atoms with E-state index in [-0.39, 0.29) is 5.82 Å². The average Bonchev–Trinajstić information content (AvgIpc) is 2.30. The number of rotatable bonds is 2. The van der Waals surface area contributed by atoms with Crippen molar-refractivity contribution in [2.24, 2.45) is 0 Å². The molecule has 0 saturated carbocycles. The summed E-state index contributed by atoms with van der Waals surface area (Å²) in [4.78, 5) is 13.7. The Kier molecular flexibility index (Phi) is 2.23. The van der Waals surface area contributed by atoms with Gasteiger partial charge in [-0.1, -0.05) is 0 Å². The van der Waals surface area contributed by atoms with Gasteiger partial charge in [-0.2, -0.15) is 0 Å². The Bertz CT molecular complexity index is 283. The van der Waals surface area contributed by atoms with Gasteiger partial charge < -0.3 is 10.1 Å². The van der Waals surface area contributed by atoms with E-state index in [1.165, 1.54) is 10.8 Å². The molecule has 60 valence electrons. The van der Waals surface area contributed by atoms with Crippen LogP contribution in [-0.2, 0) is 5.45 Å². The third-order valence-electron chi connectivity index (χ3n) is 1.34. The van der Waals surface area contributed by atoms with E-state index in [2.05, 4.69) is 20.9 Å². The molecule has 6 heteroatoms. The maximum absolute atomic E-state index is 10.3. The Labute approximate surface area is 71.3 Å². The van der Waals surface area contributed by atoms with Crippen molar-refractivity contribution < 1.29 is 4.92 Å². The summed E-state index contributed by atoms with van der Waals surface area (Å²) in [5.41, 5.74) is 0.398. The molecule has 0 aliphatic carbocycles. The standard InChI is InChI=1S/C5H6BrN3O2/c1-4-7-2-5(9(10)11)8(4)3-6/h2H,3H2,1H3. The number of nitrogens with zero attached hydrogens (tertiary/aromatic N) is 3. The van der Waals surface area contributed by atoms with Gasteiger partial charge in [-0.3, -0.25) is 0 Å². The molecule has 0 amide bonds. The van der Waals surface area contributed by atoms with Gasteiger partial charge in [0.2, 0.25) is 0 Å². The Morgan fingerprint density at radius 1 is 1.91 bits per heavy atom. The molecular weight excluding hydrogens is 214 g/mol. The van der Waals surface area contributed by atoms with Crippen LogP contribution in [0.1, 0.15) is 5.82 Å². The van der Waals surface area contributed by atoms with Crippen LogP contribution in [0, 0.1) is 17.0 Å². The van der Waals surface area contributed by atoms with Gasteiger partial charge in [0.25, 0.3) is 0 Å². The molecule has 0 bridgehead atoms. The smallest absolute Gasteiger partial charge is 0.343 e. The Morgan fingerprint density at radius 2 is 2.55 bits per heavy atom. The molecule has 0 aliphatic rings. The predicted molar refractivity (Wildman–Crippen MR) is 42.5 cm³/mol. The number of nitro groups is 1. The molecule has 5 nitrogen and oxygen atoms in total. The number of halogens is 1. The molecule has 1 aromatic rings. The number of alkyl halides is 1. The van der Waals surface area contributed by atoms with Crippen molar-refractivity contribution in [2.45, 2.75) is 12.4 Å². The highest BCUT2D eigenvalue weighted by atomic mass is 79.9. The summed E-state index contributed by atoms with van der Waals surface area (Å²) in [5, 5.41) is 10.3. The van der Waals surface area contributed by atoms with Crippen molar-refractivity contribution in [1.82, 2.24) is 9.55 Å². The maximum atomic E-state index is 10.3. The maximum Gasteiger partial charge on any atom is 0.343 e. The van der Waals surface area contributed by atoms with Crippen molar-refractivity contribution in [1.29, 1.82) is 0 Å². The van der Waals surface area contributed by atoms with E-state index in [0.29, 0.717) is 11.3 Å². The van der Waals surface area contributed by atoms with E-state index in [4.69, 9.17) is 0 Å². The van der Waals surface area contributed by atoms with Gasteiger partial charge in [0.1, 0.15) is 11.7 Å². The van der Waals surface area contributed by atoms with Crippen LogP contribution < -0.4 is 0 Å². The fraction of sp³-hybridized carbons (Fsp3) is 0.400. The third-order valence-corrected chi connectivity index (χ3v) is 1.84. The second-order valence-corrected chi connectivity index (χ2v) is 2.47. The quantitative estimate of drug-likeness (QED) is 0.430. The minimum Gasteiger partial charge on any atom is -0.358 e. The third kappa shape index (κ3) is 1.40. The van der Waals surface area contributed by atoms with Crippen LogP contribution in [0.25, 0.3) is 0 Å². The SMILES string of the molecule is Cc1ncc([N+](=O)[O-])n1CBr. The van der Waals surface area contributed by atoms with Crippen LogP contribution in [0.3, 0.4) is 0 Å². The van der Waals surface area contributed by atoms with Gasteiger partial charge in [0.05, 0.1) is 0 Å². The Hall–Kier alpha value is -0.910. The molecule has 11 heavy (non-hydrogen) atoms. The first-order valence-corrected chi connectivity index (χ1v) is 4.01. The fourth-order valence-corrected chi connectivity index (χ4v) is 1.37. The number of hydrogen-bond acceptors (Lipinski definition) is 3. The zero-order valence-corrected chi connectivity index (χ0v) is 7.41. The summed E-state index contributed by atoms with van der Waals surface area (Å²) in [6.45, 7) is 1.72. The highest BCUT2D eigenvalue weighted by molar-refractivity contribution is 9.08. The zero-order chi connectivity index (χ0) is 8.43. The molecule has 0 N–H and O–H groups in total. The normalized spacial score (nSPS) is 10.0. The van der Waals surface area contributed by atoms with Crippen LogP contribution in [0.15, 0.2) is 6.20 Å². The minimum absolute atomic E-state index is 0.0133. The number of imidazole rings is 1. The van der Waals surface area contributed by atoms with E-state index in [9.17, 15) is 10.1 Å². The molecule has 0 fully saturated rings. The molecule has 0 atom stereocenters. The summed E-state index contributed by atoms with van der Waals surface area (Å²) in [5.74, 6) is 0.646. The lowest BCUT2D eigenvalue weighted by Gasteiger charge is -1.95. The Morgan fingerprint density at radius 3 is 2.91 bits per heavy atom. The number of aromatic nitrogens is 2. The van der Waals surface area contributed by atoms with Crippen molar-refractivity contribution in [3.05, 3.63) is 22.1 Å². The van der Waals surface area contributed by atoms with Gasteiger partial charge in [0.15, 0.2) is 5.82 Å². The summed E-state index contributed by atoms with van der Waals surface area (Å²) in [6, 6.07) is 0. The summed E-state index contributed by atoms with van der Waals surface area (Å²) >= 11 is 3.13. The summed E-state index contributed by atoms with van der Waals surface area (Å²) < 4.78 is 1.47. The second-order valence-electron chi connectivity index (χ2n) is 1.97. The zero-order valence-electron chi connectivity index (χ0n) is 5.82. The first-order chi connectivity index (χ1) is 5.16. The van der Waals surface area contributed by atoms with Gasteiger partial charge in [-0.05, 0) is 20.9 Å². The molecule has 1 rings (SSSR count). The van der Waals surface area contributed by atoms with Gasteiger partial charge in [0, 0.05) is 6.92 Å². The number of hydrogen-bond donors (Lipinski definition) is 0. The lowest BCUT2D eigenvalue weighted by Crippen LogP contribution is -2.00. The molecule has 0 spiro atoms. The minimum atomic E-state index is -0.457. The monoisotopic (exact) mass is 219 g/mol. The van der Waals surface area contributed by atoms with E-state index >= 15 is 0 Å². The number of aryl methyl sites for hydroxylation is 1. The largest absolute Gasteiger partial charge is 0.358 e. The van der Waals surface area contributed by atoms with E-state index in [1.54, 1.807) is 6.92 Å². The molecule has 1 aromatic heterocycles. The molecule has 0 saturated heterocycles. The summed E-state index contributed by atoms with van der Waals surface area (Å²) in [7, 11) is 0. The second kappa shape index (κ2) is 3.00. The molecule has 0 radical (unpaired) electrons. The van der Waals surface area contributed by atoms with Crippen molar-refractivity contribution in [3.8, 4) is 0 Å². The topological polar surface area (TPSA) is 61.0 Å². The highest BCUT2D eigenvalue weighted by Gasteiger charge is 2.14. The van der Waals surface area contributed by atoms with Crippen LogP contribution >= 0.6 is 15.9 Å². The first kappa shape index (κ1) is 8.19. The van der Waals surface area contributed by atoms with Crippen LogP contribution in [0.4, 0.5) is 5.82 Å². The van der Waals surface area contributed by atoms with Crippen LogP contribution in [0.2, 0.25) is 0 Å². The lowest BCUT2D eigenvalue weighted by molar-refractivity contribution is -0.391. The van der Waals surface area contributed by atoms with Crippen LogP contribution in [-0.4, -0.2) is 14.5 Å². The van der Waals surface area contributed by atoms with E-state index < -0.39 is 4.92 Å². The van der Waals surface area contributed by atoms with Gasteiger partial charge in [-0.25, -0.2) is 9.55 Å². The van der Waals surface area contributed by atoms with Crippen molar-refractivity contribution >= 4 is 21.7 Å². The molecule has 1 heterocycles. The highest BCUT2D eigenvalue weighted by Crippen LogP contribution is 2.14. The molecule has 0 unspecified atom stereocenters. The lowest BCUT2D eigenvalue weighted by atomic mass is 10.7. The molecule has 0 aromatic carbocycles. The van der Waals surface area contributed by atoms with Crippen molar-refractivity contribution in [3.63, 3.8) is 0 Å². The first-order valence-electron chi connectivity index (χ1n) is 2.89. The Balaban J connectivity index is 3.15. The van der Waals surface area contributed by atoms with E-state index in [0.717, 1.165) is 0 Å². The predicted octanol–water partition coefficient (Wildman–Crippen LogP) is 1.45. The molecular formula is C5H6BrN3O2. The van der Waals surface area contributed by atoms with Crippen molar-refractivity contribution in [2.75, 3.05) is 0 Å². The fourth-order valence-electron chi connectivity index (χ4n) is 0.750.